The summed E-state index contributed by atoms with van der Waals surface area (Å²) >= 11 is 8.94. The van der Waals surface area contributed by atoms with Gasteiger partial charge in [-0.25, -0.2) is 14.6 Å². The van der Waals surface area contributed by atoms with Gasteiger partial charge in [-0.3, -0.25) is 4.90 Å². The fourth-order valence-corrected chi connectivity index (χ4v) is 5.78. The molecule has 4 rings (SSSR count). The summed E-state index contributed by atoms with van der Waals surface area (Å²) in [6.07, 6.45) is 6.60. The molecule has 3 aliphatic rings. The Morgan fingerprint density at radius 3 is 2.77 bits per heavy atom. The maximum Gasteiger partial charge on any atom is 0.162 e. The molecule has 0 aliphatic carbocycles. The molecule has 26 heavy (non-hydrogen) atoms. The van der Waals surface area contributed by atoms with E-state index >= 15 is 0 Å². The van der Waals surface area contributed by atoms with E-state index in [1.807, 2.05) is 6.07 Å². The lowest BCUT2D eigenvalue weighted by atomic mass is 9.90. The van der Waals surface area contributed by atoms with Crippen molar-refractivity contribution in [3.8, 4) is 11.4 Å². The van der Waals surface area contributed by atoms with Gasteiger partial charge >= 0.3 is 0 Å². The fraction of sp³-hybridized carbons (Fsp3) is 0.412. The van der Waals surface area contributed by atoms with Crippen molar-refractivity contribution in [2.75, 3.05) is 13.1 Å². The number of fused-ring (bicyclic) bond motifs is 1. The highest BCUT2D eigenvalue weighted by Crippen LogP contribution is 2.34. The van der Waals surface area contributed by atoms with E-state index in [0.29, 0.717) is 5.92 Å². The second kappa shape index (κ2) is 7.84. The number of likely N-dealkylation sites (tertiary alicyclic amines) is 1. The highest BCUT2D eigenvalue weighted by molar-refractivity contribution is 9.13. The first-order chi connectivity index (χ1) is 12.6. The van der Waals surface area contributed by atoms with E-state index in [-0.39, 0.29) is 0 Å². The van der Waals surface area contributed by atoms with E-state index in [9.17, 15) is 0 Å². The lowest BCUT2D eigenvalue weighted by molar-refractivity contribution is 0.177. The number of piperidine rings is 1. The van der Waals surface area contributed by atoms with E-state index in [2.05, 4.69) is 58.0 Å². The number of halogens is 2. The van der Waals surface area contributed by atoms with Gasteiger partial charge in [0.25, 0.3) is 0 Å². The van der Waals surface area contributed by atoms with Crippen LogP contribution in [0.5, 0.6) is 0 Å². The summed E-state index contributed by atoms with van der Waals surface area (Å²) in [6, 6.07) is 4.18. The first-order valence-corrected chi connectivity index (χ1v) is 10.9. The highest BCUT2D eigenvalue weighted by atomic mass is 79.9. The summed E-state index contributed by atoms with van der Waals surface area (Å²) in [5.41, 5.74) is 9.48. The van der Waals surface area contributed by atoms with E-state index in [0.717, 1.165) is 64.2 Å². The zero-order chi connectivity index (χ0) is 18.1. The van der Waals surface area contributed by atoms with Gasteiger partial charge in [0, 0.05) is 27.7 Å². The van der Waals surface area contributed by atoms with E-state index in [1.54, 1.807) is 28.5 Å². The summed E-state index contributed by atoms with van der Waals surface area (Å²) in [4.78, 5) is 12.4. The number of aromatic nitrogens is 3. The van der Waals surface area contributed by atoms with Crippen molar-refractivity contribution >= 4 is 43.2 Å². The van der Waals surface area contributed by atoms with Crippen LogP contribution in [-0.4, -0.2) is 32.6 Å². The van der Waals surface area contributed by atoms with E-state index in [1.165, 1.54) is 4.88 Å². The van der Waals surface area contributed by atoms with Gasteiger partial charge in [0.15, 0.2) is 5.82 Å². The minimum absolute atomic E-state index is 0.599. The monoisotopic (exact) mass is 496 g/mol. The van der Waals surface area contributed by atoms with Crippen molar-refractivity contribution in [3.63, 3.8) is 0 Å². The van der Waals surface area contributed by atoms with Gasteiger partial charge < -0.3 is 0 Å². The molecule has 0 radical (unpaired) electrons. The van der Waals surface area contributed by atoms with Crippen LogP contribution < -0.4 is 0 Å². The Hall–Kier alpha value is -1.16. The largest absolute Gasteiger partial charge is 0.298 e. The molecule has 1 saturated heterocycles. The number of nitrogens with zero attached hydrogens (tertiary/aromatic N) is 5. The Balaban J connectivity index is 1.40. The van der Waals surface area contributed by atoms with Crippen molar-refractivity contribution in [1.29, 1.82) is 5.53 Å². The molecule has 1 N–H and O–H groups in total. The quantitative estimate of drug-likeness (QED) is 0.491. The van der Waals surface area contributed by atoms with Crippen molar-refractivity contribution in [1.82, 2.24) is 19.5 Å². The average Bonchev–Trinajstić information content (AvgIpc) is 3.23. The van der Waals surface area contributed by atoms with Crippen LogP contribution in [0.2, 0.25) is 0 Å². The van der Waals surface area contributed by atoms with E-state index < -0.39 is 0 Å². The molecule has 0 atom stereocenters. The Morgan fingerprint density at radius 2 is 2.08 bits per heavy atom. The minimum Gasteiger partial charge on any atom is -0.298 e. The standard InChI is InChI=1S/C17H18Br2N6S/c18-14-8-12(26-16(14)19)9-24-5-2-11(3-6-24)7-15-13-1-4-21-17(13)22-10-25(15)23-20/h1,4,8,10-11,20H,2-3,5-7,9H2. The molecule has 1 fully saturated rings. The van der Waals surface area contributed by atoms with Crippen LogP contribution in [0.3, 0.4) is 0 Å². The molecule has 6 nitrogen and oxygen atoms in total. The second-order valence-corrected chi connectivity index (χ2v) is 9.88. The number of hydrogen-bond donors (Lipinski definition) is 1. The summed E-state index contributed by atoms with van der Waals surface area (Å²) in [5.74, 6) is 1.34. The SMILES string of the molecule is N=Nn1cnc2nccc-2c1CC1CCN(Cc2cc(Br)c(Br)s2)CC1. The van der Waals surface area contributed by atoms with Crippen molar-refractivity contribution in [2.45, 2.75) is 25.8 Å². The Bertz CT molecular complexity index is 864. The molecule has 136 valence electrons. The van der Waals surface area contributed by atoms with Crippen LogP contribution in [0.4, 0.5) is 0 Å². The van der Waals surface area contributed by atoms with Gasteiger partial charge in [0.05, 0.1) is 9.48 Å². The molecule has 0 amide bonds. The third kappa shape index (κ3) is 3.76. The summed E-state index contributed by atoms with van der Waals surface area (Å²) < 4.78 is 3.88. The molecule has 0 bridgehead atoms. The fourth-order valence-electron chi connectivity index (χ4n) is 3.56. The topological polar surface area (TPSA) is 70.2 Å². The van der Waals surface area contributed by atoms with Gasteiger partial charge in [-0.1, -0.05) is 5.22 Å². The predicted octanol–water partition coefficient (Wildman–Crippen LogP) is 5.22. The molecule has 1 aromatic rings. The van der Waals surface area contributed by atoms with Crippen LogP contribution in [0, 0.1) is 11.4 Å². The summed E-state index contributed by atoms with van der Waals surface area (Å²) in [6.45, 7) is 3.21. The average molecular weight is 498 g/mol. The van der Waals surface area contributed by atoms with Crippen LogP contribution in [0.15, 0.2) is 38.1 Å². The van der Waals surface area contributed by atoms with Crippen LogP contribution >= 0.6 is 43.2 Å². The van der Waals surface area contributed by atoms with Gasteiger partial charge in [-0.2, -0.15) is 5.53 Å². The predicted molar refractivity (Wildman–Crippen MR) is 109 cm³/mol. The number of rotatable bonds is 5. The number of nitrogens with one attached hydrogen (secondary N) is 1. The molecule has 0 aromatic carbocycles. The molecule has 9 heteroatoms. The van der Waals surface area contributed by atoms with Gasteiger partial charge in [0.2, 0.25) is 0 Å². The number of thiophene rings is 1. The zero-order valence-electron chi connectivity index (χ0n) is 14.0. The lowest BCUT2D eigenvalue weighted by Gasteiger charge is -2.32. The third-order valence-electron chi connectivity index (χ3n) is 4.93. The molecule has 1 aromatic heterocycles. The highest BCUT2D eigenvalue weighted by Gasteiger charge is 2.24. The van der Waals surface area contributed by atoms with E-state index in [4.69, 9.17) is 5.53 Å². The second-order valence-electron chi connectivity index (χ2n) is 6.58. The molecule has 0 saturated carbocycles. The minimum atomic E-state index is 0.599. The third-order valence-corrected chi connectivity index (χ3v) is 8.17. The van der Waals surface area contributed by atoms with Crippen molar-refractivity contribution in [3.05, 3.63) is 43.5 Å². The Morgan fingerprint density at radius 1 is 1.27 bits per heavy atom. The molecular weight excluding hydrogens is 480 g/mol. The molecule has 0 unspecified atom stereocenters. The van der Waals surface area contributed by atoms with Gasteiger partial charge in [0.1, 0.15) is 6.33 Å². The molecule has 3 aliphatic heterocycles. The lowest BCUT2D eigenvalue weighted by Crippen LogP contribution is -2.34. The first-order valence-electron chi connectivity index (χ1n) is 8.49. The normalized spacial score (nSPS) is 16.4. The Labute approximate surface area is 172 Å². The van der Waals surface area contributed by atoms with Crippen LogP contribution in [0.25, 0.3) is 11.4 Å². The summed E-state index contributed by atoms with van der Waals surface area (Å²) in [5, 5.41) is 3.61. The number of hydrogen-bond acceptors (Lipinski definition) is 6. The van der Waals surface area contributed by atoms with Crippen molar-refractivity contribution < 1.29 is 0 Å². The smallest absolute Gasteiger partial charge is 0.162 e. The molecular formula is C17H18Br2N6S. The molecule has 0 spiro atoms. The van der Waals surface area contributed by atoms with Crippen LogP contribution in [-0.2, 0) is 13.0 Å². The molecule has 4 heterocycles. The van der Waals surface area contributed by atoms with Gasteiger partial charge in [-0.05, 0) is 82.3 Å². The summed E-state index contributed by atoms with van der Waals surface area (Å²) in [7, 11) is 0. The van der Waals surface area contributed by atoms with Crippen LogP contribution in [0.1, 0.15) is 23.4 Å². The maximum atomic E-state index is 7.42. The zero-order valence-corrected chi connectivity index (χ0v) is 18.0. The van der Waals surface area contributed by atoms with Gasteiger partial charge in [-0.15, -0.1) is 11.3 Å². The Kier molecular flexibility index (Phi) is 5.49. The maximum absolute atomic E-state index is 7.42. The van der Waals surface area contributed by atoms with Crippen molar-refractivity contribution in [2.24, 2.45) is 11.1 Å². The first kappa shape index (κ1) is 18.2.